The lowest BCUT2D eigenvalue weighted by Gasteiger charge is -2.04. The highest BCUT2D eigenvalue weighted by molar-refractivity contribution is 6.30. The smallest absolute Gasteiger partial charge is 0.264 e. The third kappa shape index (κ3) is 3.48. The Morgan fingerprint density at radius 3 is 2.56 bits per heavy atom. The van der Waals surface area contributed by atoms with Crippen LogP contribution in [0.15, 0.2) is 59.4 Å². The van der Waals surface area contributed by atoms with Crippen molar-refractivity contribution >= 4 is 11.6 Å². The first-order chi connectivity index (χ1) is 12.3. The number of tetrazole rings is 1. The molecule has 0 spiro atoms. The number of ether oxygens (including phenoxy) is 1. The van der Waals surface area contributed by atoms with Crippen molar-refractivity contribution in [3.63, 3.8) is 0 Å². The zero-order chi connectivity index (χ0) is 17.1. The van der Waals surface area contributed by atoms with Crippen molar-refractivity contribution in [1.82, 2.24) is 30.3 Å². The van der Waals surface area contributed by atoms with Crippen molar-refractivity contribution in [3.8, 4) is 22.8 Å². The fourth-order valence-corrected chi connectivity index (χ4v) is 2.28. The molecular formula is C16H11ClN6O2. The molecule has 0 N–H and O–H groups in total. The minimum Gasteiger partial charge on any atom is -0.484 e. The Kier molecular flexibility index (Phi) is 4.09. The molecule has 4 aromatic rings. The van der Waals surface area contributed by atoms with E-state index in [2.05, 4.69) is 25.7 Å². The first-order valence-corrected chi connectivity index (χ1v) is 7.70. The Morgan fingerprint density at radius 1 is 1.04 bits per heavy atom. The van der Waals surface area contributed by atoms with Crippen LogP contribution in [0.2, 0.25) is 5.02 Å². The van der Waals surface area contributed by atoms with Gasteiger partial charge in [0.15, 0.2) is 6.61 Å². The van der Waals surface area contributed by atoms with E-state index in [-0.39, 0.29) is 6.61 Å². The maximum Gasteiger partial charge on any atom is 0.264 e. The van der Waals surface area contributed by atoms with E-state index in [0.29, 0.717) is 22.5 Å². The maximum absolute atomic E-state index is 5.87. The number of aromatic nitrogens is 6. The average molecular weight is 355 g/mol. The number of benzene rings is 2. The molecule has 0 aliphatic rings. The van der Waals surface area contributed by atoms with Gasteiger partial charge >= 0.3 is 0 Å². The van der Waals surface area contributed by atoms with Crippen LogP contribution in [-0.4, -0.2) is 30.3 Å². The van der Waals surface area contributed by atoms with Gasteiger partial charge in [-0.25, -0.2) is 4.68 Å². The normalized spacial score (nSPS) is 10.8. The van der Waals surface area contributed by atoms with Gasteiger partial charge < -0.3 is 9.26 Å². The molecule has 0 unspecified atom stereocenters. The lowest BCUT2D eigenvalue weighted by molar-refractivity contribution is 0.243. The first kappa shape index (κ1) is 15.3. The number of hydrogen-bond acceptors (Lipinski definition) is 7. The van der Waals surface area contributed by atoms with Crippen LogP contribution < -0.4 is 4.74 Å². The van der Waals surface area contributed by atoms with Crippen molar-refractivity contribution in [2.24, 2.45) is 0 Å². The second kappa shape index (κ2) is 6.70. The SMILES string of the molecule is Clc1ccc(-c2noc(COc3ccc(-n4cnnn4)cc3)n2)cc1. The van der Waals surface area contributed by atoms with Gasteiger partial charge in [-0.1, -0.05) is 16.8 Å². The third-order valence-corrected chi connectivity index (χ3v) is 3.64. The van der Waals surface area contributed by atoms with Gasteiger partial charge in [0.2, 0.25) is 5.82 Å². The molecule has 0 amide bonds. The zero-order valence-electron chi connectivity index (χ0n) is 12.8. The Bertz CT molecular complexity index is 951. The van der Waals surface area contributed by atoms with Crippen LogP contribution in [0.1, 0.15) is 5.89 Å². The highest BCUT2D eigenvalue weighted by Gasteiger charge is 2.09. The molecule has 2 aromatic carbocycles. The van der Waals surface area contributed by atoms with E-state index in [9.17, 15) is 0 Å². The monoisotopic (exact) mass is 354 g/mol. The second-order valence-corrected chi connectivity index (χ2v) is 5.49. The largest absolute Gasteiger partial charge is 0.484 e. The van der Waals surface area contributed by atoms with Crippen molar-refractivity contribution < 1.29 is 9.26 Å². The van der Waals surface area contributed by atoms with Gasteiger partial charge in [-0.3, -0.25) is 0 Å². The number of hydrogen-bond donors (Lipinski definition) is 0. The molecule has 0 saturated carbocycles. The first-order valence-electron chi connectivity index (χ1n) is 7.33. The van der Waals surface area contributed by atoms with Crippen molar-refractivity contribution in [2.75, 3.05) is 0 Å². The molecular weight excluding hydrogens is 344 g/mol. The molecule has 0 saturated heterocycles. The summed E-state index contributed by atoms with van der Waals surface area (Å²) in [6.45, 7) is 0.171. The summed E-state index contributed by atoms with van der Waals surface area (Å²) in [5, 5.41) is 15.6. The molecule has 2 aromatic heterocycles. The molecule has 0 aliphatic heterocycles. The highest BCUT2D eigenvalue weighted by atomic mass is 35.5. The van der Waals surface area contributed by atoms with Gasteiger partial charge in [0.05, 0.1) is 5.69 Å². The maximum atomic E-state index is 5.87. The Hall–Kier alpha value is -3.26. The molecule has 8 nitrogen and oxygen atoms in total. The van der Waals surface area contributed by atoms with E-state index in [1.54, 1.807) is 16.8 Å². The Labute approximate surface area is 147 Å². The highest BCUT2D eigenvalue weighted by Crippen LogP contribution is 2.20. The summed E-state index contributed by atoms with van der Waals surface area (Å²) in [5.41, 5.74) is 1.66. The van der Waals surface area contributed by atoms with Gasteiger partial charge in [0.1, 0.15) is 12.1 Å². The van der Waals surface area contributed by atoms with E-state index >= 15 is 0 Å². The molecule has 4 rings (SSSR count). The second-order valence-electron chi connectivity index (χ2n) is 5.06. The summed E-state index contributed by atoms with van der Waals surface area (Å²) in [6.07, 6.45) is 1.52. The summed E-state index contributed by atoms with van der Waals surface area (Å²) in [6, 6.07) is 14.5. The molecule has 2 heterocycles. The van der Waals surface area contributed by atoms with Gasteiger partial charge in [-0.15, -0.1) is 5.10 Å². The van der Waals surface area contributed by atoms with E-state index in [0.717, 1.165) is 11.3 Å². The van der Waals surface area contributed by atoms with Crippen LogP contribution in [0, 0.1) is 0 Å². The predicted molar refractivity (Wildman–Crippen MR) is 88.2 cm³/mol. The van der Waals surface area contributed by atoms with Crippen LogP contribution in [0.5, 0.6) is 5.75 Å². The Balaban J connectivity index is 1.41. The topological polar surface area (TPSA) is 91.8 Å². The van der Waals surface area contributed by atoms with Crippen molar-refractivity contribution in [3.05, 3.63) is 65.8 Å². The minimum atomic E-state index is 0.171. The van der Waals surface area contributed by atoms with E-state index in [4.69, 9.17) is 20.9 Å². The molecule has 0 bridgehead atoms. The van der Waals surface area contributed by atoms with Gasteiger partial charge in [-0.2, -0.15) is 4.98 Å². The summed E-state index contributed by atoms with van der Waals surface area (Å²) in [4.78, 5) is 4.31. The average Bonchev–Trinajstić information content (AvgIpc) is 3.33. The Morgan fingerprint density at radius 2 is 1.84 bits per heavy atom. The van der Waals surface area contributed by atoms with Gasteiger partial charge in [0, 0.05) is 10.6 Å². The number of halogens is 1. The summed E-state index contributed by atoms with van der Waals surface area (Å²) >= 11 is 5.87. The summed E-state index contributed by atoms with van der Waals surface area (Å²) in [5.74, 6) is 1.54. The molecule has 124 valence electrons. The lowest BCUT2D eigenvalue weighted by atomic mass is 10.2. The van der Waals surface area contributed by atoms with E-state index in [1.807, 2.05) is 36.4 Å². The summed E-state index contributed by atoms with van der Waals surface area (Å²) < 4.78 is 12.4. The van der Waals surface area contributed by atoms with Gasteiger partial charge in [-0.05, 0) is 59.0 Å². The molecule has 25 heavy (non-hydrogen) atoms. The molecule has 0 radical (unpaired) electrons. The van der Waals surface area contributed by atoms with E-state index < -0.39 is 0 Å². The van der Waals surface area contributed by atoms with Crippen molar-refractivity contribution in [1.29, 1.82) is 0 Å². The summed E-state index contributed by atoms with van der Waals surface area (Å²) in [7, 11) is 0. The molecule has 0 atom stereocenters. The predicted octanol–water partition coefficient (Wildman–Crippen LogP) is 2.94. The quantitative estimate of drug-likeness (QED) is 0.544. The van der Waals surface area contributed by atoms with Crippen LogP contribution in [0.4, 0.5) is 0 Å². The van der Waals surface area contributed by atoms with Crippen LogP contribution in [0.25, 0.3) is 17.1 Å². The van der Waals surface area contributed by atoms with Crippen LogP contribution in [-0.2, 0) is 6.61 Å². The molecule has 0 aliphatic carbocycles. The van der Waals surface area contributed by atoms with E-state index in [1.165, 1.54) is 6.33 Å². The molecule has 0 fully saturated rings. The van der Waals surface area contributed by atoms with Gasteiger partial charge in [0.25, 0.3) is 5.89 Å². The number of rotatable bonds is 5. The van der Waals surface area contributed by atoms with Crippen LogP contribution >= 0.6 is 11.6 Å². The van der Waals surface area contributed by atoms with Crippen molar-refractivity contribution in [2.45, 2.75) is 6.61 Å². The number of nitrogens with zero attached hydrogens (tertiary/aromatic N) is 6. The fraction of sp³-hybridized carbons (Fsp3) is 0.0625. The van der Waals surface area contributed by atoms with Crippen LogP contribution in [0.3, 0.4) is 0 Å². The molecule has 9 heteroatoms. The standard InChI is InChI=1S/C16H11ClN6O2/c17-12-3-1-11(2-4-12)16-19-15(25-20-16)9-24-14-7-5-13(6-8-14)23-10-18-21-22-23/h1-8,10H,9H2. The zero-order valence-corrected chi connectivity index (χ0v) is 13.5. The fourth-order valence-electron chi connectivity index (χ4n) is 2.15. The lowest BCUT2D eigenvalue weighted by Crippen LogP contribution is -1.97. The third-order valence-electron chi connectivity index (χ3n) is 3.38. The minimum absolute atomic E-state index is 0.171.